The van der Waals surface area contributed by atoms with Crippen molar-refractivity contribution in [1.29, 1.82) is 0 Å². The lowest BCUT2D eigenvalue weighted by Gasteiger charge is -2.01. The van der Waals surface area contributed by atoms with Crippen molar-refractivity contribution in [1.82, 2.24) is 14.7 Å². The molecule has 0 N–H and O–H groups in total. The fourth-order valence-corrected chi connectivity index (χ4v) is 1.40. The van der Waals surface area contributed by atoms with Gasteiger partial charge in [-0.3, -0.25) is 4.79 Å². The van der Waals surface area contributed by atoms with Crippen LogP contribution in [0.15, 0.2) is 22.9 Å². The zero-order chi connectivity index (χ0) is 10.7. The lowest BCUT2D eigenvalue weighted by Crippen LogP contribution is -2.04. The number of carbonyl (C=O) groups excluding carboxylic acids is 1. The zero-order valence-corrected chi connectivity index (χ0v) is 8.38. The number of rotatable bonds is 4. The minimum atomic E-state index is 0.563. The highest BCUT2D eigenvalue weighted by Gasteiger charge is 2.04. The molecule has 0 aliphatic heterocycles. The van der Waals surface area contributed by atoms with E-state index >= 15 is 0 Å². The van der Waals surface area contributed by atoms with Gasteiger partial charge in [-0.05, 0) is 12.1 Å². The summed E-state index contributed by atoms with van der Waals surface area (Å²) >= 11 is 0. The van der Waals surface area contributed by atoms with Crippen molar-refractivity contribution >= 4 is 6.29 Å². The molecule has 2 rings (SSSR count). The molecule has 2 aromatic heterocycles. The van der Waals surface area contributed by atoms with E-state index in [1.807, 2.05) is 16.8 Å². The van der Waals surface area contributed by atoms with Crippen molar-refractivity contribution in [2.75, 3.05) is 0 Å². The van der Waals surface area contributed by atoms with Crippen LogP contribution in [0.1, 0.15) is 22.2 Å². The smallest absolute Gasteiger partial charge is 0.223 e. The highest BCUT2D eigenvalue weighted by molar-refractivity contribution is 5.72. The third-order valence-corrected chi connectivity index (χ3v) is 2.13. The van der Waals surface area contributed by atoms with Gasteiger partial charge in [0.15, 0.2) is 12.1 Å². The van der Waals surface area contributed by atoms with Gasteiger partial charge in [0.1, 0.15) is 0 Å². The molecule has 0 aromatic carbocycles. The second kappa shape index (κ2) is 4.08. The van der Waals surface area contributed by atoms with Gasteiger partial charge in [-0.2, -0.15) is 4.98 Å². The second-order valence-electron chi connectivity index (χ2n) is 3.22. The summed E-state index contributed by atoms with van der Waals surface area (Å²) in [4.78, 5) is 14.7. The van der Waals surface area contributed by atoms with Gasteiger partial charge in [-0.15, -0.1) is 0 Å². The van der Waals surface area contributed by atoms with Crippen molar-refractivity contribution in [2.24, 2.45) is 0 Å². The summed E-state index contributed by atoms with van der Waals surface area (Å²) in [6, 6.07) is 3.61. The number of hydrogen-bond acceptors (Lipinski definition) is 4. The highest BCUT2D eigenvalue weighted by atomic mass is 16.5. The largest absolute Gasteiger partial charge is 0.345 e. The van der Waals surface area contributed by atoms with Crippen molar-refractivity contribution in [3.05, 3.63) is 35.7 Å². The Kier molecular flexibility index (Phi) is 2.62. The maximum atomic E-state index is 10.6. The van der Waals surface area contributed by atoms with Gasteiger partial charge < -0.3 is 9.09 Å². The number of nitrogens with zero attached hydrogens (tertiary/aromatic N) is 3. The lowest BCUT2D eigenvalue weighted by atomic mass is 10.4. The normalized spacial score (nSPS) is 10.5. The molecule has 0 aliphatic carbocycles. The minimum absolute atomic E-state index is 0.563. The number of aromatic nitrogens is 3. The van der Waals surface area contributed by atoms with Crippen molar-refractivity contribution in [3.63, 3.8) is 0 Å². The van der Waals surface area contributed by atoms with E-state index in [0.717, 1.165) is 6.29 Å². The van der Waals surface area contributed by atoms with Crippen LogP contribution >= 0.6 is 0 Å². The molecule has 0 saturated heterocycles. The Bertz CT molecular complexity index is 459. The van der Waals surface area contributed by atoms with E-state index in [9.17, 15) is 4.79 Å². The summed E-state index contributed by atoms with van der Waals surface area (Å²) in [5.41, 5.74) is 0.662. The zero-order valence-electron chi connectivity index (χ0n) is 8.38. The molecule has 0 aliphatic rings. The van der Waals surface area contributed by atoms with Gasteiger partial charge in [-0.1, -0.05) is 5.16 Å². The van der Waals surface area contributed by atoms with Crippen molar-refractivity contribution in [2.45, 2.75) is 19.9 Å². The van der Waals surface area contributed by atoms with Crippen LogP contribution in [0.25, 0.3) is 0 Å². The molecule has 5 nitrogen and oxygen atoms in total. The molecular weight excluding hydrogens is 194 g/mol. The summed E-state index contributed by atoms with van der Waals surface area (Å²) in [5.74, 6) is 1.23. The quantitative estimate of drug-likeness (QED) is 0.704. The second-order valence-corrected chi connectivity index (χ2v) is 3.22. The number of hydrogen-bond donors (Lipinski definition) is 0. The van der Waals surface area contributed by atoms with Crippen LogP contribution in [0, 0.1) is 6.92 Å². The molecule has 0 fully saturated rings. The molecule has 0 spiro atoms. The predicted molar refractivity (Wildman–Crippen MR) is 52.6 cm³/mol. The molecule has 5 heteroatoms. The molecule has 78 valence electrons. The van der Waals surface area contributed by atoms with E-state index in [0.29, 0.717) is 30.4 Å². The van der Waals surface area contributed by atoms with Crippen molar-refractivity contribution < 1.29 is 9.32 Å². The van der Waals surface area contributed by atoms with Crippen LogP contribution in [0.2, 0.25) is 0 Å². The van der Waals surface area contributed by atoms with Gasteiger partial charge in [0, 0.05) is 26.1 Å². The highest BCUT2D eigenvalue weighted by Crippen LogP contribution is 2.02. The fourth-order valence-electron chi connectivity index (χ4n) is 1.40. The van der Waals surface area contributed by atoms with E-state index in [1.165, 1.54) is 0 Å². The predicted octanol–water partition coefficient (Wildman–Crippen LogP) is 1.23. The Morgan fingerprint density at radius 1 is 1.60 bits per heavy atom. The van der Waals surface area contributed by atoms with Crippen LogP contribution in [0.5, 0.6) is 0 Å². The molecule has 2 heterocycles. The Morgan fingerprint density at radius 3 is 3.13 bits per heavy atom. The standard InChI is InChI=1S/C10H11N3O2/c1-8-11-10(12-15-8)4-6-13-5-2-3-9(13)7-14/h2-3,5,7H,4,6H2,1H3. The third-order valence-electron chi connectivity index (χ3n) is 2.13. The maximum Gasteiger partial charge on any atom is 0.223 e. The van der Waals surface area contributed by atoms with Gasteiger partial charge in [0.05, 0.1) is 5.69 Å². The fraction of sp³-hybridized carbons (Fsp3) is 0.300. The first-order chi connectivity index (χ1) is 7.29. The summed E-state index contributed by atoms with van der Waals surface area (Å²) in [6.07, 6.45) is 3.35. The summed E-state index contributed by atoms with van der Waals surface area (Å²) in [7, 11) is 0. The molecule has 0 atom stereocenters. The van der Waals surface area contributed by atoms with E-state index in [4.69, 9.17) is 4.52 Å². The van der Waals surface area contributed by atoms with E-state index < -0.39 is 0 Å². The first-order valence-electron chi connectivity index (χ1n) is 4.69. The molecular formula is C10H11N3O2. The third kappa shape index (κ3) is 2.12. The molecule has 0 bridgehead atoms. The minimum Gasteiger partial charge on any atom is -0.345 e. The van der Waals surface area contributed by atoms with Gasteiger partial charge >= 0.3 is 0 Å². The Hall–Kier alpha value is -1.91. The van der Waals surface area contributed by atoms with Gasteiger partial charge in [0.25, 0.3) is 0 Å². The molecule has 0 saturated carbocycles. The van der Waals surface area contributed by atoms with Crippen LogP contribution in [-0.2, 0) is 13.0 Å². The summed E-state index contributed by atoms with van der Waals surface area (Å²) in [6.45, 7) is 2.43. The molecule has 0 unspecified atom stereocenters. The first kappa shape index (κ1) is 9.64. The molecule has 2 aromatic rings. The Morgan fingerprint density at radius 2 is 2.47 bits per heavy atom. The maximum absolute atomic E-state index is 10.6. The summed E-state index contributed by atoms with van der Waals surface area (Å²) in [5, 5.41) is 3.78. The Labute approximate surface area is 86.7 Å². The topological polar surface area (TPSA) is 60.9 Å². The summed E-state index contributed by atoms with van der Waals surface area (Å²) < 4.78 is 6.71. The monoisotopic (exact) mass is 205 g/mol. The Balaban J connectivity index is 2.01. The van der Waals surface area contributed by atoms with Crippen LogP contribution < -0.4 is 0 Å². The number of aryl methyl sites for hydroxylation is 3. The number of carbonyl (C=O) groups is 1. The van der Waals surface area contributed by atoms with Crippen molar-refractivity contribution in [3.8, 4) is 0 Å². The average Bonchev–Trinajstić information content (AvgIpc) is 2.83. The molecule has 15 heavy (non-hydrogen) atoms. The molecule has 0 radical (unpaired) electrons. The van der Waals surface area contributed by atoms with E-state index in [1.54, 1.807) is 13.0 Å². The number of aldehydes is 1. The molecule has 0 amide bonds. The van der Waals surface area contributed by atoms with Gasteiger partial charge in [-0.25, -0.2) is 0 Å². The van der Waals surface area contributed by atoms with E-state index in [-0.39, 0.29) is 0 Å². The van der Waals surface area contributed by atoms with Crippen LogP contribution in [0.4, 0.5) is 0 Å². The average molecular weight is 205 g/mol. The van der Waals surface area contributed by atoms with E-state index in [2.05, 4.69) is 10.1 Å². The lowest BCUT2D eigenvalue weighted by molar-refractivity contribution is 0.111. The SMILES string of the molecule is Cc1nc(CCn2cccc2C=O)no1. The first-order valence-corrected chi connectivity index (χ1v) is 4.69. The van der Waals surface area contributed by atoms with Crippen LogP contribution in [-0.4, -0.2) is 21.0 Å². The van der Waals surface area contributed by atoms with Crippen LogP contribution in [0.3, 0.4) is 0 Å². The van der Waals surface area contributed by atoms with Gasteiger partial charge in [0.2, 0.25) is 5.89 Å².